The molecule has 2 rings (SSSR count). The Balaban J connectivity index is 2.65. The van der Waals surface area contributed by atoms with E-state index in [2.05, 4.69) is 60.1 Å². The van der Waals surface area contributed by atoms with Gasteiger partial charge in [-0.15, -0.1) is 0 Å². The summed E-state index contributed by atoms with van der Waals surface area (Å²) >= 11 is 0. The first-order valence-corrected chi connectivity index (χ1v) is 30.2. The van der Waals surface area contributed by atoms with Gasteiger partial charge in [0.2, 0.25) is 59.1 Å². The number of rotatable bonds is 28. The van der Waals surface area contributed by atoms with Gasteiger partial charge in [0.25, 0.3) is 0 Å². The molecule has 27 nitrogen and oxygen atoms in total. The summed E-state index contributed by atoms with van der Waals surface area (Å²) in [5.74, 6) is -8.13. The van der Waals surface area contributed by atoms with Crippen LogP contribution in [0, 0.1) is 5.92 Å². The summed E-state index contributed by atoms with van der Waals surface area (Å²) in [6.45, 7) is 7.11. The average molecular weight is 1180 g/mol. The molecule has 458 valence electrons. The maximum atomic E-state index is 14.5. The molecule has 1 heterocycles. The van der Waals surface area contributed by atoms with Crippen molar-refractivity contribution in [1.29, 1.82) is 0 Å². The van der Waals surface area contributed by atoms with Crippen molar-refractivity contribution in [3.63, 3.8) is 0 Å². The SMILES string of the molecule is CCCCCCSSC[C@@H](N)C(=O)N[C@H](C(=O)N[C@@H](CCN)C(=O)N[C@H]1CCNC(=O)[C@H]([C@@H](C)O)NC(=O)[C@H](CCN)NC(=O)[C@H](CCN)NC(=O)[C@H](CC(C)C)NC(=O)[C@@H](Cc2ccccc2)NC(=O)[C@H](CCN)NC1=O)[C@@H](C)O. The predicted octanol–water partition coefficient (Wildman–Crippen LogP) is -4.40. The highest BCUT2D eigenvalue weighted by molar-refractivity contribution is 8.76. The summed E-state index contributed by atoms with van der Waals surface area (Å²) in [7, 11) is 2.96. The molecule has 0 spiro atoms. The zero-order valence-corrected chi connectivity index (χ0v) is 48.9. The topological polar surface area (TPSA) is 462 Å². The second-order valence-electron chi connectivity index (χ2n) is 20.4. The highest BCUT2D eigenvalue weighted by Crippen LogP contribution is 2.23. The quantitative estimate of drug-likeness (QED) is 0.0278. The van der Waals surface area contributed by atoms with E-state index in [1.165, 1.54) is 24.6 Å². The molecule has 0 bridgehead atoms. The van der Waals surface area contributed by atoms with E-state index in [0.29, 0.717) is 5.56 Å². The van der Waals surface area contributed by atoms with Gasteiger partial charge >= 0.3 is 0 Å². The van der Waals surface area contributed by atoms with Crippen molar-refractivity contribution < 1.29 is 58.2 Å². The van der Waals surface area contributed by atoms with Crippen LogP contribution in [0.15, 0.2) is 30.3 Å². The zero-order valence-electron chi connectivity index (χ0n) is 47.3. The molecule has 0 saturated carbocycles. The monoisotopic (exact) mass is 1180 g/mol. The van der Waals surface area contributed by atoms with Crippen LogP contribution in [0.2, 0.25) is 0 Å². The minimum Gasteiger partial charge on any atom is -0.391 e. The van der Waals surface area contributed by atoms with E-state index in [1.54, 1.807) is 55.0 Å². The molecule has 29 heteroatoms. The molecule has 0 aromatic heterocycles. The van der Waals surface area contributed by atoms with Gasteiger partial charge in [0.05, 0.1) is 18.2 Å². The summed E-state index contributed by atoms with van der Waals surface area (Å²) in [5, 5.41) is 46.9. The van der Waals surface area contributed by atoms with Crippen LogP contribution in [-0.2, 0) is 54.4 Å². The Hall–Kier alpha value is -5.66. The number of benzene rings is 1. The molecule has 10 amide bonds. The molecule has 1 aromatic rings. The third-order valence-electron chi connectivity index (χ3n) is 12.8. The molecule has 12 atom stereocenters. The highest BCUT2D eigenvalue weighted by Gasteiger charge is 2.37. The Morgan fingerprint density at radius 3 is 1.69 bits per heavy atom. The number of hydrogen-bond donors (Lipinski definition) is 17. The Morgan fingerprint density at radius 1 is 0.630 bits per heavy atom. The van der Waals surface area contributed by atoms with E-state index in [-0.39, 0.29) is 76.4 Å². The van der Waals surface area contributed by atoms with E-state index >= 15 is 0 Å². The Bertz CT molecular complexity index is 2170. The molecular formula is C52H91N15O12S2. The van der Waals surface area contributed by atoms with Crippen LogP contribution in [-0.4, -0.2) is 186 Å². The molecule has 1 saturated heterocycles. The van der Waals surface area contributed by atoms with Gasteiger partial charge in [0.1, 0.15) is 54.4 Å². The standard InChI is InChI=1S/C52H91N15O12S2/c1-6-7-8-12-25-80-81-28-33(57)43(70)66-42(31(5)69)52(79)63-36(17-22-55)45(72)62-38-19-24-58-51(78)41(30(4)68)67-48(75)37(18-23-56)60-44(71)34(15-20-53)61-49(76)39(26-29(2)3)64-50(77)40(27-32-13-10-9-11-14-32)65-46(73)35(16-21-54)59-47(38)74/h9-11,13-14,29-31,33-42,68-69H,6-8,12,15-28,53-57H2,1-5H3,(H,58,78)(H,59,74)(H,60,71)(H,61,76)(H,62,72)(H,63,79)(H,64,77)(H,65,73)(H,66,70)(H,67,75)/t30-,31-,33-,34+,35+,36+,37+,38+,39+,40-,41+,42+/m1/s1. The smallest absolute Gasteiger partial charge is 0.245 e. The maximum absolute atomic E-state index is 14.5. The molecule has 1 aliphatic heterocycles. The van der Waals surface area contributed by atoms with Crippen LogP contribution in [0.1, 0.15) is 104 Å². The van der Waals surface area contributed by atoms with Crippen molar-refractivity contribution in [3.8, 4) is 0 Å². The molecule has 0 unspecified atom stereocenters. The van der Waals surface area contributed by atoms with E-state index < -0.39 is 145 Å². The first kappa shape index (κ1) is 71.4. The van der Waals surface area contributed by atoms with Crippen LogP contribution >= 0.6 is 21.6 Å². The summed E-state index contributed by atoms with van der Waals surface area (Å²) in [5.41, 5.74) is 30.3. The fourth-order valence-corrected chi connectivity index (χ4v) is 10.6. The van der Waals surface area contributed by atoms with Crippen molar-refractivity contribution in [3.05, 3.63) is 35.9 Å². The number of unbranched alkanes of at least 4 members (excludes halogenated alkanes) is 3. The summed E-state index contributed by atoms with van der Waals surface area (Å²) in [6, 6.07) is -5.76. The number of nitrogens with one attached hydrogen (secondary N) is 10. The van der Waals surface area contributed by atoms with Gasteiger partial charge in [-0.3, -0.25) is 47.9 Å². The molecule has 22 N–H and O–H groups in total. The summed E-state index contributed by atoms with van der Waals surface area (Å²) in [6.07, 6.45) is 0.0672. The summed E-state index contributed by atoms with van der Waals surface area (Å²) < 4.78 is 0. The molecule has 0 radical (unpaired) electrons. The molecule has 1 fully saturated rings. The van der Waals surface area contributed by atoms with Crippen LogP contribution in [0.25, 0.3) is 0 Å². The van der Waals surface area contributed by atoms with Crippen molar-refractivity contribution >= 4 is 80.7 Å². The minimum atomic E-state index is -1.67. The van der Waals surface area contributed by atoms with Gasteiger partial charge in [0, 0.05) is 24.5 Å². The van der Waals surface area contributed by atoms with E-state index in [9.17, 15) is 58.2 Å². The van der Waals surface area contributed by atoms with Crippen LogP contribution < -0.4 is 81.8 Å². The predicted molar refractivity (Wildman–Crippen MR) is 310 cm³/mol. The van der Waals surface area contributed by atoms with Gasteiger partial charge in [0.15, 0.2) is 0 Å². The number of hydrogen-bond acceptors (Lipinski definition) is 19. The van der Waals surface area contributed by atoms with Gasteiger partial charge in [-0.1, -0.05) is 92.0 Å². The first-order valence-electron chi connectivity index (χ1n) is 27.7. The summed E-state index contributed by atoms with van der Waals surface area (Å²) in [4.78, 5) is 140. The lowest BCUT2D eigenvalue weighted by Crippen LogP contribution is -2.62. The Morgan fingerprint density at radius 2 is 1.16 bits per heavy atom. The fraction of sp³-hybridized carbons (Fsp3) is 0.692. The number of amides is 10. The van der Waals surface area contributed by atoms with E-state index in [0.717, 1.165) is 31.4 Å². The van der Waals surface area contributed by atoms with Gasteiger partial charge in [-0.2, -0.15) is 0 Å². The molecule has 81 heavy (non-hydrogen) atoms. The lowest BCUT2D eigenvalue weighted by Gasteiger charge is -2.28. The van der Waals surface area contributed by atoms with Gasteiger partial charge < -0.3 is 92.0 Å². The van der Waals surface area contributed by atoms with Gasteiger partial charge in [-0.05, 0) is 96.5 Å². The second kappa shape index (κ2) is 38.9. The molecule has 1 aromatic carbocycles. The lowest BCUT2D eigenvalue weighted by molar-refractivity contribution is -0.136. The normalized spacial score (nSPS) is 23.1. The van der Waals surface area contributed by atoms with Crippen LogP contribution in [0.4, 0.5) is 0 Å². The molecule has 0 aliphatic carbocycles. The number of carbonyl (C=O) groups excluding carboxylic acids is 10. The van der Waals surface area contributed by atoms with Crippen molar-refractivity contribution in [2.75, 3.05) is 44.2 Å². The minimum absolute atomic E-state index is 0.0564. The molecule has 1 aliphatic rings. The zero-order chi connectivity index (χ0) is 60.6. The fourth-order valence-electron chi connectivity index (χ4n) is 8.29. The second-order valence-corrected chi connectivity index (χ2v) is 23.0. The van der Waals surface area contributed by atoms with E-state index in [4.69, 9.17) is 28.7 Å². The Labute approximate surface area is 482 Å². The Kier molecular flexibility index (Phi) is 34.3. The first-order chi connectivity index (χ1) is 38.5. The number of nitrogens with two attached hydrogens (primary N) is 5. The third-order valence-corrected chi connectivity index (χ3v) is 15.4. The van der Waals surface area contributed by atoms with Crippen molar-refractivity contribution in [1.82, 2.24) is 53.2 Å². The van der Waals surface area contributed by atoms with Crippen molar-refractivity contribution in [2.24, 2.45) is 34.6 Å². The maximum Gasteiger partial charge on any atom is 0.245 e. The van der Waals surface area contributed by atoms with E-state index in [1.807, 2.05) is 0 Å². The van der Waals surface area contributed by atoms with Crippen molar-refractivity contribution in [2.45, 2.75) is 178 Å². The highest BCUT2D eigenvalue weighted by atomic mass is 33.1. The number of aliphatic hydroxyl groups excluding tert-OH is 2. The lowest BCUT2D eigenvalue weighted by atomic mass is 10.00. The van der Waals surface area contributed by atoms with Crippen LogP contribution in [0.5, 0.6) is 0 Å². The average Bonchev–Trinajstić information content (AvgIpc) is 3.43. The largest absolute Gasteiger partial charge is 0.391 e. The number of aliphatic hydroxyl groups is 2. The third kappa shape index (κ3) is 26.4. The molecular weight excluding hydrogens is 1090 g/mol. The van der Waals surface area contributed by atoms with Crippen LogP contribution in [0.3, 0.4) is 0 Å². The number of carbonyl (C=O) groups is 10. The van der Waals surface area contributed by atoms with Gasteiger partial charge in [-0.25, -0.2) is 0 Å².